The van der Waals surface area contributed by atoms with E-state index in [4.69, 9.17) is 21.1 Å². The van der Waals surface area contributed by atoms with Crippen molar-refractivity contribution < 1.29 is 9.47 Å². The average Bonchev–Trinajstić information content (AvgIpc) is 2.50. The monoisotopic (exact) mass is 297 g/mol. The van der Waals surface area contributed by atoms with Gasteiger partial charge in [-0.3, -0.25) is 0 Å². The fourth-order valence-corrected chi connectivity index (χ4v) is 1.95. The minimum Gasteiger partial charge on any atom is -0.457 e. The Bertz CT molecular complexity index is 714. The number of hydrogen-bond donors (Lipinski definition) is 0. The van der Waals surface area contributed by atoms with E-state index < -0.39 is 0 Å². The van der Waals surface area contributed by atoms with Crippen LogP contribution in [0.4, 0.5) is 0 Å². The van der Waals surface area contributed by atoms with Crippen LogP contribution in [0.2, 0.25) is 5.15 Å². The minimum atomic E-state index is 0.400. The number of rotatable bonds is 4. The summed E-state index contributed by atoms with van der Waals surface area (Å²) in [6.45, 7) is 0. The third kappa shape index (κ3) is 3.74. The van der Waals surface area contributed by atoms with Crippen molar-refractivity contribution in [3.8, 4) is 23.0 Å². The fraction of sp³-hybridized carbons (Fsp3) is 0. The molecule has 0 aliphatic heterocycles. The molecule has 21 heavy (non-hydrogen) atoms. The number of benzene rings is 2. The second-order valence-corrected chi connectivity index (χ2v) is 4.69. The first-order valence-electron chi connectivity index (χ1n) is 6.42. The molecule has 0 aliphatic carbocycles. The summed E-state index contributed by atoms with van der Waals surface area (Å²) in [6, 6.07) is 20.4. The smallest absolute Gasteiger partial charge is 0.132 e. The Morgan fingerprint density at radius 3 is 1.86 bits per heavy atom. The Balaban J connectivity index is 1.69. The molecule has 0 amide bonds. The van der Waals surface area contributed by atoms with Crippen molar-refractivity contribution in [2.75, 3.05) is 0 Å². The first-order valence-corrected chi connectivity index (χ1v) is 6.80. The molecule has 0 aliphatic rings. The molecular formula is C17H12ClNO2. The van der Waals surface area contributed by atoms with Gasteiger partial charge in [0, 0.05) is 12.3 Å². The zero-order valence-corrected chi connectivity index (χ0v) is 11.8. The van der Waals surface area contributed by atoms with Crippen LogP contribution in [0.15, 0.2) is 72.9 Å². The number of ether oxygens (including phenoxy) is 2. The number of hydrogen-bond acceptors (Lipinski definition) is 3. The van der Waals surface area contributed by atoms with Crippen molar-refractivity contribution in [1.82, 2.24) is 4.98 Å². The molecule has 0 unspecified atom stereocenters. The summed E-state index contributed by atoms with van der Waals surface area (Å²) >= 11 is 5.82. The van der Waals surface area contributed by atoms with Gasteiger partial charge in [0.2, 0.25) is 0 Å². The molecule has 1 aromatic heterocycles. The van der Waals surface area contributed by atoms with Gasteiger partial charge < -0.3 is 9.47 Å². The summed E-state index contributed by atoms with van der Waals surface area (Å²) < 4.78 is 11.4. The van der Waals surface area contributed by atoms with Crippen LogP contribution < -0.4 is 9.47 Å². The van der Waals surface area contributed by atoms with E-state index >= 15 is 0 Å². The highest BCUT2D eigenvalue weighted by Crippen LogP contribution is 2.27. The maximum Gasteiger partial charge on any atom is 0.132 e. The third-order valence-corrected chi connectivity index (χ3v) is 2.94. The van der Waals surface area contributed by atoms with Crippen LogP contribution in [0, 0.1) is 0 Å². The van der Waals surface area contributed by atoms with Gasteiger partial charge in [0.05, 0.1) is 0 Å². The molecule has 0 saturated heterocycles. The first kappa shape index (κ1) is 13.5. The topological polar surface area (TPSA) is 31.4 Å². The van der Waals surface area contributed by atoms with Crippen LogP contribution in [0.1, 0.15) is 0 Å². The lowest BCUT2D eigenvalue weighted by Crippen LogP contribution is -1.86. The Kier molecular flexibility index (Phi) is 4.03. The number of pyridine rings is 1. The van der Waals surface area contributed by atoms with E-state index in [9.17, 15) is 0 Å². The largest absolute Gasteiger partial charge is 0.457 e. The predicted molar refractivity (Wildman–Crippen MR) is 82.3 cm³/mol. The van der Waals surface area contributed by atoms with Crippen LogP contribution >= 0.6 is 11.6 Å². The van der Waals surface area contributed by atoms with E-state index in [1.165, 1.54) is 0 Å². The van der Waals surface area contributed by atoms with Crippen LogP contribution in [0.5, 0.6) is 23.0 Å². The van der Waals surface area contributed by atoms with E-state index in [-0.39, 0.29) is 0 Å². The van der Waals surface area contributed by atoms with E-state index in [0.717, 1.165) is 11.5 Å². The molecule has 1 heterocycles. The number of halogens is 1. The zero-order valence-electron chi connectivity index (χ0n) is 11.1. The second kappa shape index (κ2) is 6.29. The summed E-state index contributed by atoms with van der Waals surface area (Å²) in [5.41, 5.74) is 0. The molecule has 0 radical (unpaired) electrons. The molecular weight excluding hydrogens is 286 g/mol. The van der Waals surface area contributed by atoms with Crippen molar-refractivity contribution >= 4 is 11.6 Å². The highest BCUT2D eigenvalue weighted by atomic mass is 35.5. The van der Waals surface area contributed by atoms with Gasteiger partial charge in [-0.1, -0.05) is 29.8 Å². The van der Waals surface area contributed by atoms with Gasteiger partial charge in [-0.15, -0.1) is 0 Å². The number of aromatic nitrogens is 1. The number of nitrogens with zero attached hydrogens (tertiary/aromatic N) is 1. The summed E-state index contributed by atoms with van der Waals surface area (Å²) in [7, 11) is 0. The van der Waals surface area contributed by atoms with Crippen LogP contribution in [-0.2, 0) is 0 Å². The van der Waals surface area contributed by atoms with Gasteiger partial charge in [0.1, 0.15) is 28.2 Å². The van der Waals surface area contributed by atoms with E-state index in [1.807, 2.05) is 54.6 Å². The summed E-state index contributed by atoms with van der Waals surface area (Å²) in [4.78, 5) is 3.91. The van der Waals surface area contributed by atoms with Crippen LogP contribution in [0.3, 0.4) is 0 Å². The van der Waals surface area contributed by atoms with E-state index in [1.54, 1.807) is 18.3 Å². The molecule has 2 aromatic carbocycles. The quantitative estimate of drug-likeness (QED) is 0.611. The third-order valence-electron chi connectivity index (χ3n) is 2.74. The SMILES string of the molecule is Clc1cc(Oc2ccc(Oc3ccccc3)cc2)ccn1. The van der Waals surface area contributed by atoms with Crippen molar-refractivity contribution in [2.45, 2.75) is 0 Å². The van der Waals surface area contributed by atoms with Crippen molar-refractivity contribution in [3.63, 3.8) is 0 Å². The summed E-state index contributed by atoms with van der Waals surface area (Å²) in [5, 5.41) is 0.400. The van der Waals surface area contributed by atoms with E-state index in [0.29, 0.717) is 16.7 Å². The predicted octanol–water partition coefficient (Wildman–Crippen LogP) is 5.32. The lowest BCUT2D eigenvalue weighted by Gasteiger charge is -2.08. The standard InChI is InChI=1S/C17H12ClNO2/c18-17-12-16(10-11-19-17)21-15-8-6-14(7-9-15)20-13-4-2-1-3-5-13/h1-12H. The maximum atomic E-state index is 5.82. The molecule has 4 heteroatoms. The Morgan fingerprint density at radius 1 is 0.667 bits per heavy atom. The Labute approximate surface area is 127 Å². The first-order chi connectivity index (χ1) is 10.3. The summed E-state index contributed by atoms with van der Waals surface area (Å²) in [5.74, 6) is 2.90. The molecule has 0 fully saturated rings. The number of para-hydroxylation sites is 1. The highest BCUT2D eigenvalue weighted by Gasteiger charge is 2.01. The fourth-order valence-electron chi connectivity index (χ4n) is 1.78. The highest BCUT2D eigenvalue weighted by molar-refractivity contribution is 6.29. The minimum absolute atomic E-state index is 0.400. The van der Waals surface area contributed by atoms with Crippen molar-refractivity contribution in [2.24, 2.45) is 0 Å². The van der Waals surface area contributed by atoms with E-state index in [2.05, 4.69) is 4.98 Å². The molecule has 3 aromatic rings. The van der Waals surface area contributed by atoms with Gasteiger partial charge in [-0.05, 0) is 42.5 Å². The Hall–Kier alpha value is -2.52. The normalized spacial score (nSPS) is 10.1. The lowest BCUT2D eigenvalue weighted by atomic mass is 10.3. The van der Waals surface area contributed by atoms with Crippen LogP contribution in [-0.4, -0.2) is 4.98 Å². The molecule has 104 valence electrons. The average molecular weight is 298 g/mol. The van der Waals surface area contributed by atoms with Gasteiger partial charge in [-0.25, -0.2) is 4.98 Å². The van der Waals surface area contributed by atoms with Crippen molar-refractivity contribution in [3.05, 3.63) is 78.1 Å². The summed E-state index contributed by atoms with van der Waals surface area (Å²) in [6.07, 6.45) is 1.60. The van der Waals surface area contributed by atoms with Crippen LogP contribution in [0.25, 0.3) is 0 Å². The van der Waals surface area contributed by atoms with Gasteiger partial charge in [0.15, 0.2) is 0 Å². The Morgan fingerprint density at radius 2 is 1.24 bits per heavy atom. The zero-order chi connectivity index (χ0) is 14.5. The molecule has 0 bridgehead atoms. The molecule has 0 N–H and O–H groups in total. The van der Waals surface area contributed by atoms with Gasteiger partial charge in [-0.2, -0.15) is 0 Å². The molecule has 3 nitrogen and oxygen atoms in total. The molecule has 3 rings (SSSR count). The molecule has 0 spiro atoms. The molecule has 0 saturated carbocycles. The lowest BCUT2D eigenvalue weighted by molar-refractivity contribution is 0.469. The maximum absolute atomic E-state index is 5.82. The molecule has 0 atom stereocenters. The van der Waals surface area contributed by atoms with Gasteiger partial charge in [0.25, 0.3) is 0 Å². The second-order valence-electron chi connectivity index (χ2n) is 4.30. The van der Waals surface area contributed by atoms with Crippen molar-refractivity contribution in [1.29, 1.82) is 0 Å². The van der Waals surface area contributed by atoms with Gasteiger partial charge >= 0.3 is 0 Å².